The number of ketones is 1. The molecule has 0 bridgehead atoms. The number of nitrogens with one attached hydrogen (secondary N) is 3. The van der Waals surface area contributed by atoms with Crippen LogP contribution in [0.5, 0.6) is 0 Å². The topological polar surface area (TPSA) is 151 Å². The van der Waals surface area contributed by atoms with Crippen molar-refractivity contribution < 1.29 is 24.3 Å². The van der Waals surface area contributed by atoms with Gasteiger partial charge in [0.15, 0.2) is 0 Å². The van der Waals surface area contributed by atoms with Gasteiger partial charge < -0.3 is 26.8 Å². The Morgan fingerprint density at radius 1 is 1.03 bits per heavy atom. The van der Waals surface area contributed by atoms with Crippen molar-refractivity contribution in [1.82, 2.24) is 16.0 Å². The molecule has 218 valence electrons. The highest BCUT2D eigenvalue weighted by atomic mass is 16.2. The van der Waals surface area contributed by atoms with Crippen molar-refractivity contribution in [3.8, 4) is 0 Å². The lowest BCUT2D eigenvalue weighted by Crippen LogP contribution is -2.49. The Morgan fingerprint density at radius 2 is 1.62 bits per heavy atom. The molecule has 1 fully saturated rings. The Bertz CT molecular complexity index is 581. The summed E-state index contributed by atoms with van der Waals surface area (Å²) in [7, 11) is 2.50. The molecule has 2 atom stereocenters. The molecule has 1 saturated carbocycles. The maximum atomic E-state index is 13.1. The highest BCUT2D eigenvalue weighted by Crippen LogP contribution is 2.30. The fraction of sp³-hybridized carbons (Fsp3) is 0.786. The third kappa shape index (κ3) is 21.5. The second-order valence-electron chi connectivity index (χ2n) is 8.92. The van der Waals surface area contributed by atoms with Crippen molar-refractivity contribution in [3.63, 3.8) is 0 Å². The average Bonchev–Trinajstić information content (AvgIpc) is 2.94. The number of rotatable bonds is 16. The second-order valence-corrected chi connectivity index (χ2v) is 8.92. The molecule has 9 heteroatoms. The molecule has 0 aromatic carbocycles. The molecule has 1 aliphatic rings. The lowest BCUT2D eigenvalue weighted by molar-refractivity contribution is -0.140. The zero-order chi connectivity index (χ0) is 28.9. The first kappa shape index (κ1) is 39.3. The van der Waals surface area contributed by atoms with E-state index in [4.69, 9.17) is 5.11 Å². The fourth-order valence-electron chi connectivity index (χ4n) is 4.07. The third-order valence-corrected chi connectivity index (χ3v) is 5.78. The molecule has 37 heavy (non-hydrogen) atoms. The average molecular weight is 529 g/mol. The van der Waals surface area contributed by atoms with E-state index in [1.54, 1.807) is 0 Å². The molecule has 9 nitrogen and oxygen atoms in total. The van der Waals surface area contributed by atoms with E-state index >= 15 is 0 Å². The van der Waals surface area contributed by atoms with Gasteiger partial charge in [-0.05, 0) is 38.6 Å². The molecule has 0 aliphatic heterocycles. The molecule has 0 spiro atoms. The zero-order valence-corrected chi connectivity index (χ0v) is 24.2. The molecule has 1 rings (SSSR count). The van der Waals surface area contributed by atoms with Crippen LogP contribution >= 0.6 is 0 Å². The van der Waals surface area contributed by atoms with E-state index in [-0.39, 0.29) is 18.4 Å². The van der Waals surface area contributed by atoms with Gasteiger partial charge in [0.1, 0.15) is 0 Å². The van der Waals surface area contributed by atoms with Crippen molar-refractivity contribution >= 4 is 24.0 Å². The van der Waals surface area contributed by atoms with Crippen molar-refractivity contribution in [2.75, 3.05) is 27.2 Å². The van der Waals surface area contributed by atoms with Crippen LogP contribution in [-0.4, -0.2) is 62.4 Å². The van der Waals surface area contributed by atoms with E-state index in [9.17, 15) is 19.2 Å². The van der Waals surface area contributed by atoms with Gasteiger partial charge in [-0.3, -0.25) is 19.2 Å². The van der Waals surface area contributed by atoms with E-state index in [0.717, 1.165) is 39.2 Å². The number of amides is 3. The number of carbonyl (C=O) groups excluding carboxylic acids is 4. The Kier molecular flexibility index (Phi) is 31.8. The minimum absolute atomic E-state index is 0.155. The predicted octanol–water partition coefficient (Wildman–Crippen LogP) is 3.25. The van der Waals surface area contributed by atoms with Gasteiger partial charge in [-0.1, -0.05) is 78.2 Å². The Morgan fingerprint density at radius 3 is 2.14 bits per heavy atom. The van der Waals surface area contributed by atoms with Crippen molar-refractivity contribution in [2.45, 2.75) is 104 Å². The lowest BCUT2D eigenvalue weighted by atomic mass is 9.81. The zero-order valence-electron chi connectivity index (χ0n) is 24.2. The molecule has 0 aromatic heterocycles. The molecule has 1 aliphatic carbocycles. The first-order valence-electron chi connectivity index (χ1n) is 13.9. The summed E-state index contributed by atoms with van der Waals surface area (Å²) in [5.41, 5.74) is 4.50. The third-order valence-electron chi connectivity index (χ3n) is 5.78. The standard InChI is InChI=1S/C23H39N3O4.C3H8.CH5N.CH4O/c1-3-5-13-20(21(28)23(30)25-14-4-2)26-22(29)19(12-9-15-24-17-27)16-18-10-7-6-8-11-18;1-3-2;2*1-2/h4,17-20H,2-3,5-16H2,1H3,(H,24,27)(H,25,30)(H,26,29);3H2,1-2H3;2H2,1H3;2H,1H3. The molecule has 2 unspecified atom stereocenters. The SMILES string of the molecule is C=CCNC(=O)C(=O)C(CCCC)NC(=O)C(CCCNC=O)CC1CCCCC1.CCC.CN.CO. The maximum Gasteiger partial charge on any atom is 0.289 e. The number of aliphatic hydroxyl groups excluding tert-OH is 1. The normalized spacial score (nSPS) is 13.9. The predicted molar refractivity (Wildman–Crippen MR) is 152 cm³/mol. The summed E-state index contributed by atoms with van der Waals surface area (Å²) in [6.07, 6.45) is 13.6. The van der Waals surface area contributed by atoms with Crippen LogP contribution in [0.3, 0.4) is 0 Å². The molecule has 3 amide bonds. The maximum absolute atomic E-state index is 13.1. The minimum atomic E-state index is -0.802. The van der Waals surface area contributed by atoms with E-state index in [1.807, 2.05) is 6.92 Å². The Hall–Kier alpha value is -2.26. The lowest BCUT2D eigenvalue weighted by Gasteiger charge is -2.27. The molecular weight excluding hydrogens is 472 g/mol. The summed E-state index contributed by atoms with van der Waals surface area (Å²) in [5.74, 6) is -1.13. The van der Waals surface area contributed by atoms with E-state index < -0.39 is 17.7 Å². The van der Waals surface area contributed by atoms with Crippen LogP contribution in [0.1, 0.15) is 97.8 Å². The van der Waals surface area contributed by atoms with Crippen molar-refractivity contribution in [2.24, 2.45) is 17.6 Å². The molecule has 6 N–H and O–H groups in total. The van der Waals surface area contributed by atoms with E-state index in [1.165, 1.54) is 38.8 Å². The number of hydrogen-bond acceptors (Lipinski definition) is 6. The van der Waals surface area contributed by atoms with Gasteiger partial charge in [0.25, 0.3) is 5.91 Å². The highest BCUT2D eigenvalue weighted by Gasteiger charge is 2.30. The largest absolute Gasteiger partial charge is 0.400 e. The summed E-state index contributed by atoms with van der Waals surface area (Å²) in [4.78, 5) is 48.3. The quantitative estimate of drug-likeness (QED) is 0.0898. The summed E-state index contributed by atoms with van der Waals surface area (Å²) < 4.78 is 0. The summed E-state index contributed by atoms with van der Waals surface area (Å²) in [6.45, 7) is 10.5. The van der Waals surface area contributed by atoms with Crippen LogP contribution in [-0.2, 0) is 19.2 Å². The van der Waals surface area contributed by atoms with Crippen LogP contribution < -0.4 is 21.7 Å². The highest BCUT2D eigenvalue weighted by molar-refractivity contribution is 6.38. The Labute approximate surface area is 225 Å². The number of Topliss-reactive ketones (excluding diaryl/α,β-unsaturated/α-hetero) is 1. The van der Waals surface area contributed by atoms with Crippen molar-refractivity contribution in [1.29, 1.82) is 0 Å². The number of hydrogen-bond donors (Lipinski definition) is 5. The van der Waals surface area contributed by atoms with Gasteiger partial charge in [0.05, 0.1) is 6.04 Å². The first-order chi connectivity index (χ1) is 17.9. The summed E-state index contributed by atoms with van der Waals surface area (Å²) >= 11 is 0. The van der Waals surface area contributed by atoms with Gasteiger partial charge >= 0.3 is 0 Å². The van der Waals surface area contributed by atoms with Crippen LogP contribution in [0.25, 0.3) is 0 Å². The van der Waals surface area contributed by atoms with Gasteiger partial charge in [0, 0.05) is 26.1 Å². The minimum Gasteiger partial charge on any atom is -0.400 e. The summed E-state index contributed by atoms with van der Waals surface area (Å²) in [6, 6.07) is -0.802. The monoisotopic (exact) mass is 528 g/mol. The second kappa shape index (κ2) is 30.0. The van der Waals surface area contributed by atoms with Crippen LogP contribution in [0.4, 0.5) is 0 Å². The summed E-state index contributed by atoms with van der Waals surface area (Å²) in [5, 5.41) is 15.0. The fourth-order valence-corrected chi connectivity index (χ4v) is 4.07. The number of nitrogens with two attached hydrogens (primary N) is 1. The van der Waals surface area contributed by atoms with Crippen LogP contribution in [0.15, 0.2) is 12.7 Å². The van der Waals surface area contributed by atoms with Gasteiger partial charge in [0.2, 0.25) is 18.1 Å². The smallest absolute Gasteiger partial charge is 0.289 e. The molecule has 0 heterocycles. The van der Waals surface area contributed by atoms with E-state index in [0.29, 0.717) is 38.1 Å². The van der Waals surface area contributed by atoms with Gasteiger partial charge in [-0.2, -0.15) is 0 Å². The number of carbonyl (C=O) groups is 4. The first-order valence-corrected chi connectivity index (χ1v) is 13.9. The Balaban J connectivity index is -0.00000150. The molecule has 0 aromatic rings. The van der Waals surface area contributed by atoms with Gasteiger partial charge in [-0.25, -0.2) is 0 Å². The molecule has 0 saturated heterocycles. The molecule has 0 radical (unpaired) electrons. The number of unbranched alkanes of at least 4 members (excludes halogenated alkanes) is 1. The van der Waals surface area contributed by atoms with Crippen molar-refractivity contribution in [3.05, 3.63) is 12.7 Å². The molecular formula is C28H56N4O5. The number of aliphatic hydroxyl groups is 1. The van der Waals surface area contributed by atoms with Gasteiger partial charge in [-0.15, -0.1) is 6.58 Å². The van der Waals surface area contributed by atoms with E-state index in [2.05, 4.69) is 42.1 Å². The van der Waals surface area contributed by atoms with Crippen LogP contribution in [0.2, 0.25) is 0 Å². The van der Waals surface area contributed by atoms with Crippen LogP contribution in [0, 0.1) is 11.8 Å².